The quantitative estimate of drug-likeness (QED) is 0.581. The number of hydrogen-bond acceptors (Lipinski definition) is 0. The molecule has 0 heterocycles. The van der Waals surface area contributed by atoms with E-state index in [9.17, 15) is 0 Å². The first kappa shape index (κ1) is 8.59. The first-order valence-electron chi connectivity index (χ1n) is 5.76. The molecule has 0 heteroatoms. The average Bonchev–Trinajstić information content (AvgIpc) is 2.69. The van der Waals surface area contributed by atoms with Crippen molar-refractivity contribution >= 4 is 0 Å². The molecule has 0 nitrogen and oxygen atoms in total. The Morgan fingerprint density at radius 3 is 2.92 bits per heavy atom. The van der Waals surface area contributed by atoms with E-state index >= 15 is 0 Å². The lowest BCUT2D eigenvalue weighted by Crippen LogP contribution is -2.05. The highest BCUT2D eigenvalue weighted by atomic mass is 14.6. The highest BCUT2D eigenvalue weighted by Gasteiger charge is 2.53. The lowest BCUT2D eigenvalue weighted by atomic mass is 9.91. The molecule has 70 valence electrons. The largest absolute Gasteiger partial charge is 0.0654 e. The predicted octanol–water partition coefficient (Wildman–Crippen LogP) is 4.00. The summed E-state index contributed by atoms with van der Waals surface area (Å²) < 4.78 is 0. The van der Waals surface area contributed by atoms with Crippen molar-refractivity contribution < 1.29 is 0 Å². The van der Waals surface area contributed by atoms with Gasteiger partial charge in [0.15, 0.2) is 0 Å². The van der Waals surface area contributed by atoms with Crippen molar-refractivity contribution in [1.82, 2.24) is 0 Å². The minimum absolute atomic E-state index is 0.802. The molecule has 0 aromatic rings. The third kappa shape index (κ3) is 1.41. The fourth-order valence-electron chi connectivity index (χ4n) is 3.32. The maximum Gasteiger partial charge on any atom is -0.0292 e. The first-order chi connectivity index (χ1) is 5.76. The number of hydrogen-bond donors (Lipinski definition) is 0. The molecule has 3 atom stereocenters. The van der Waals surface area contributed by atoms with E-state index in [1.807, 2.05) is 0 Å². The Kier molecular flexibility index (Phi) is 2.18. The minimum Gasteiger partial charge on any atom is -0.0654 e. The standard InChI is InChI=1S/C12H22/c1-3-6-10-7-4-5-8-12(2)9-11(10)12/h10-11H,3-9H2,1-2H3. The third-order valence-electron chi connectivity index (χ3n) is 4.22. The van der Waals surface area contributed by atoms with Crippen LogP contribution < -0.4 is 0 Å². The van der Waals surface area contributed by atoms with Crippen LogP contribution in [-0.4, -0.2) is 0 Å². The summed E-state index contributed by atoms with van der Waals surface area (Å²) in [4.78, 5) is 0. The smallest absolute Gasteiger partial charge is 0.0292 e. The van der Waals surface area contributed by atoms with Gasteiger partial charge < -0.3 is 0 Å². The van der Waals surface area contributed by atoms with Gasteiger partial charge in [-0.2, -0.15) is 0 Å². The topological polar surface area (TPSA) is 0 Å². The second kappa shape index (κ2) is 3.05. The molecule has 0 radical (unpaired) electrons. The van der Waals surface area contributed by atoms with Gasteiger partial charge in [-0.15, -0.1) is 0 Å². The molecular weight excluding hydrogens is 144 g/mol. The van der Waals surface area contributed by atoms with Crippen molar-refractivity contribution in [3.8, 4) is 0 Å². The Balaban J connectivity index is 1.96. The molecular formula is C12H22. The number of rotatable bonds is 2. The van der Waals surface area contributed by atoms with E-state index < -0.39 is 0 Å². The van der Waals surface area contributed by atoms with E-state index in [4.69, 9.17) is 0 Å². The molecule has 2 aliphatic rings. The summed E-state index contributed by atoms with van der Waals surface area (Å²) in [5.74, 6) is 2.22. The summed E-state index contributed by atoms with van der Waals surface area (Å²) in [6.07, 6.45) is 10.5. The Labute approximate surface area is 76.7 Å². The molecule has 0 saturated heterocycles. The molecule has 3 unspecified atom stereocenters. The van der Waals surface area contributed by atoms with Crippen molar-refractivity contribution in [1.29, 1.82) is 0 Å². The summed E-state index contributed by atoms with van der Waals surface area (Å²) in [5.41, 5.74) is 0.802. The van der Waals surface area contributed by atoms with Gasteiger partial charge in [0.2, 0.25) is 0 Å². The van der Waals surface area contributed by atoms with E-state index in [2.05, 4.69) is 13.8 Å². The zero-order chi connectivity index (χ0) is 8.60. The molecule has 0 aromatic heterocycles. The Morgan fingerprint density at radius 2 is 2.17 bits per heavy atom. The second-order valence-electron chi connectivity index (χ2n) is 5.26. The Morgan fingerprint density at radius 1 is 1.33 bits per heavy atom. The summed E-state index contributed by atoms with van der Waals surface area (Å²) in [5, 5.41) is 0. The van der Waals surface area contributed by atoms with Gasteiger partial charge >= 0.3 is 0 Å². The van der Waals surface area contributed by atoms with E-state index in [1.165, 1.54) is 38.5 Å². The van der Waals surface area contributed by atoms with Crippen molar-refractivity contribution in [2.75, 3.05) is 0 Å². The Bertz CT molecular complexity index is 161. The van der Waals surface area contributed by atoms with Crippen molar-refractivity contribution in [2.24, 2.45) is 17.3 Å². The van der Waals surface area contributed by atoms with Crippen LogP contribution in [0.2, 0.25) is 0 Å². The average molecular weight is 166 g/mol. The molecule has 2 rings (SSSR count). The van der Waals surface area contributed by atoms with Crippen molar-refractivity contribution in [3.05, 3.63) is 0 Å². The molecule has 12 heavy (non-hydrogen) atoms. The van der Waals surface area contributed by atoms with Crippen LogP contribution in [0.3, 0.4) is 0 Å². The maximum atomic E-state index is 2.52. The van der Waals surface area contributed by atoms with Crippen LogP contribution in [0.5, 0.6) is 0 Å². The fourth-order valence-corrected chi connectivity index (χ4v) is 3.32. The van der Waals surface area contributed by atoms with Crippen LogP contribution in [0.15, 0.2) is 0 Å². The lowest BCUT2D eigenvalue weighted by Gasteiger charge is -2.14. The maximum absolute atomic E-state index is 2.52. The predicted molar refractivity (Wildman–Crippen MR) is 53.1 cm³/mol. The molecule has 0 aromatic carbocycles. The molecule has 0 N–H and O–H groups in total. The van der Waals surface area contributed by atoms with Crippen molar-refractivity contribution in [2.45, 2.75) is 58.8 Å². The lowest BCUT2D eigenvalue weighted by molar-refractivity contribution is 0.356. The second-order valence-corrected chi connectivity index (χ2v) is 5.26. The van der Waals surface area contributed by atoms with Crippen LogP contribution in [0, 0.1) is 17.3 Å². The first-order valence-corrected chi connectivity index (χ1v) is 5.76. The molecule has 0 amide bonds. The molecule has 0 aliphatic heterocycles. The van der Waals surface area contributed by atoms with Crippen LogP contribution in [0.4, 0.5) is 0 Å². The van der Waals surface area contributed by atoms with Gasteiger partial charge in [0.05, 0.1) is 0 Å². The van der Waals surface area contributed by atoms with Crippen LogP contribution in [0.1, 0.15) is 58.8 Å². The van der Waals surface area contributed by atoms with Gasteiger partial charge in [-0.05, 0) is 30.1 Å². The third-order valence-corrected chi connectivity index (χ3v) is 4.22. The summed E-state index contributed by atoms with van der Waals surface area (Å²) >= 11 is 0. The molecule has 2 aliphatic carbocycles. The summed E-state index contributed by atoms with van der Waals surface area (Å²) in [6, 6.07) is 0. The molecule has 0 spiro atoms. The fraction of sp³-hybridized carbons (Fsp3) is 1.00. The van der Waals surface area contributed by atoms with E-state index in [0.29, 0.717) is 0 Å². The van der Waals surface area contributed by atoms with Gasteiger partial charge in [-0.25, -0.2) is 0 Å². The summed E-state index contributed by atoms with van der Waals surface area (Å²) in [7, 11) is 0. The number of fused-ring (bicyclic) bond motifs is 1. The molecule has 2 saturated carbocycles. The van der Waals surface area contributed by atoms with Crippen LogP contribution in [0.25, 0.3) is 0 Å². The van der Waals surface area contributed by atoms with Gasteiger partial charge in [-0.1, -0.05) is 46.0 Å². The van der Waals surface area contributed by atoms with Crippen molar-refractivity contribution in [3.63, 3.8) is 0 Å². The highest BCUT2D eigenvalue weighted by molar-refractivity contribution is 5.02. The Hall–Kier alpha value is 0. The van der Waals surface area contributed by atoms with E-state index in [-0.39, 0.29) is 0 Å². The van der Waals surface area contributed by atoms with Gasteiger partial charge in [0, 0.05) is 0 Å². The van der Waals surface area contributed by atoms with E-state index in [0.717, 1.165) is 17.3 Å². The minimum atomic E-state index is 0.802. The highest BCUT2D eigenvalue weighted by Crippen LogP contribution is 2.62. The monoisotopic (exact) mass is 166 g/mol. The molecule has 2 fully saturated rings. The zero-order valence-corrected chi connectivity index (χ0v) is 8.60. The van der Waals surface area contributed by atoms with E-state index in [1.54, 1.807) is 6.42 Å². The normalized spacial score (nSPS) is 46.5. The van der Waals surface area contributed by atoms with Gasteiger partial charge in [0.25, 0.3) is 0 Å². The zero-order valence-electron chi connectivity index (χ0n) is 8.60. The van der Waals surface area contributed by atoms with Gasteiger partial charge in [0.1, 0.15) is 0 Å². The molecule has 0 bridgehead atoms. The van der Waals surface area contributed by atoms with Crippen LogP contribution in [-0.2, 0) is 0 Å². The van der Waals surface area contributed by atoms with Gasteiger partial charge in [-0.3, -0.25) is 0 Å². The van der Waals surface area contributed by atoms with Crippen LogP contribution >= 0.6 is 0 Å². The summed E-state index contributed by atoms with van der Waals surface area (Å²) in [6.45, 7) is 4.86. The SMILES string of the molecule is CCCC1CCCCC2(C)CC12.